The third-order valence-electron chi connectivity index (χ3n) is 7.88. The number of nitrogens with zero attached hydrogens (tertiary/aromatic N) is 4. The summed E-state index contributed by atoms with van der Waals surface area (Å²) in [4.78, 5) is 23.4. The van der Waals surface area contributed by atoms with Crippen molar-refractivity contribution in [2.24, 2.45) is 5.92 Å². The normalized spacial score (nSPS) is 16.4. The Morgan fingerprint density at radius 1 is 1.12 bits per heavy atom. The molecule has 0 unspecified atom stereocenters. The number of amides is 1. The third kappa shape index (κ3) is 7.42. The Hall–Kier alpha value is -3.83. The number of piperidine rings is 1. The number of rotatable bonds is 8. The molecule has 1 amide bonds. The van der Waals surface area contributed by atoms with E-state index >= 15 is 0 Å². The summed E-state index contributed by atoms with van der Waals surface area (Å²) in [5.74, 6) is 8.60. The summed E-state index contributed by atoms with van der Waals surface area (Å²) in [6.07, 6.45) is 13.2. The van der Waals surface area contributed by atoms with Gasteiger partial charge in [-0.2, -0.15) is 0 Å². The number of benzene rings is 1. The molecule has 210 valence electrons. The topological polar surface area (TPSA) is 81.5 Å². The zero-order valence-electron chi connectivity index (χ0n) is 23.6. The number of carbonyl (C=O) groups excluding carboxylic acids is 1. The maximum absolute atomic E-state index is 12.1. The molecular formula is C32H39N5O3. The quantitative estimate of drug-likeness (QED) is 0.402. The Kier molecular flexibility index (Phi) is 9.35. The fourth-order valence-corrected chi connectivity index (χ4v) is 5.57. The second kappa shape index (κ2) is 13.5. The smallest absolute Gasteiger partial charge is 0.408 e. The van der Waals surface area contributed by atoms with Gasteiger partial charge in [0.2, 0.25) is 0 Å². The zero-order valence-corrected chi connectivity index (χ0v) is 23.6. The van der Waals surface area contributed by atoms with Crippen LogP contribution in [0, 0.1) is 24.7 Å². The Balaban J connectivity index is 1.16. The first-order chi connectivity index (χ1) is 19.5. The van der Waals surface area contributed by atoms with Gasteiger partial charge in [0.05, 0.1) is 23.8 Å². The van der Waals surface area contributed by atoms with Gasteiger partial charge < -0.3 is 19.7 Å². The van der Waals surface area contributed by atoms with Gasteiger partial charge in [-0.1, -0.05) is 37.5 Å². The van der Waals surface area contributed by atoms with Crippen molar-refractivity contribution in [3.63, 3.8) is 0 Å². The molecule has 2 aliphatic rings. The second-order valence-electron chi connectivity index (χ2n) is 10.9. The molecule has 1 aromatic carbocycles. The number of imidazole rings is 1. The molecule has 40 heavy (non-hydrogen) atoms. The summed E-state index contributed by atoms with van der Waals surface area (Å²) in [5.41, 5.74) is 3.89. The number of nitrogens with one attached hydrogen (secondary N) is 1. The van der Waals surface area contributed by atoms with Crippen LogP contribution in [0.1, 0.15) is 61.2 Å². The van der Waals surface area contributed by atoms with Crippen LogP contribution in [0.25, 0.3) is 5.69 Å². The first kappa shape index (κ1) is 27.7. The molecule has 1 aliphatic heterocycles. The van der Waals surface area contributed by atoms with Crippen LogP contribution in [0.15, 0.2) is 48.9 Å². The third-order valence-corrected chi connectivity index (χ3v) is 7.88. The van der Waals surface area contributed by atoms with Crippen LogP contribution in [0.4, 0.5) is 4.79 Å². The summed E-state index contributed by atoms with van der Waals surface area (Å²) in [6.45, 7) is 4.43. The molecule has 0 bridgehead atoms. The Morgan fingerprint density at radius 2 is 1.95 bits per heavy atom. The minimum absolute atomic E-state index is 0.0532. The summed E-state index contributed by atoms with van der Waals surface area (Å²) in [5, 5.41) is 2.94. The van der Waals surface area contributed by atoms with Crippen molar-refractivity contribution in [2.75, 3.05) is 26.7 Å². The highest BCUT2D eigenvalue weighted by Crippen LogP contribution is 2.29. The zero-order chi connectivity index (χ0) is 27.7. The standard InChI is InChI=1S/C32H39N5O3/c1-24-19-30(12-11-26(24)9-6-18-39-32(38)35-27-13-16-36(2)17-14-27)40-23-29-22-34-31(20-25-7-3-4-8-25)37(29)28-10-5-15-33-21-28/h5,10-12,15,19,21-22,25,27H,3-4,7-8,13-14,16-18,20,23H2,1-2H3,(H,35,38). The van der Waals surface area contributed by atoms with Crippen LogP contribution in [0.2, 0.25) is 0 Å². The van der Waals surface area contributed by atoms with Crippen LogP contribution in [0.5, 0.6) is 5.75 Å². The van der Waals surface area contributed by atoms with E-state index in [0.717, 1.165) is 66.4 Å². The summed E-state index contributed by atoms with van der Waals surface area (Å²) < 4.78 is 13.7. The SMILES string of the molecule is Cc1cc(OCc2cnc(CC3CCCC3)n2-c2cccnc2)ccc1C#CCOC(=O)NC1CCN(C)CC1. The molecule has 0 spiro atoms. The highest BCUT2D eigenvalue weighted by Gasteiger charge is 2.21. The molecule has 2 fully saturated rings. The molecule has 3 heterocycles. The van der Waals surface area contributed by atoms with Crippen molar-refractivity contribution in [2.45, 2.75) is 64.5 Å². The molecule has 2 aromatic heterocycles. The molecule has 3 aromatic rings. The Labute approximate surface area is 237 Å². The van der Waals surface area contributed by atoms with E-state index in [1.165, 1.54) is 25.7 Å². The molecule has 8 nitrogen and oxygen atoms in total. The van der Waals surface area contributed by atoms with Gasteiger partial charge in [0.15, 0.2) is 6.61 Å². The number of hydrogen-bond donors (Lipinski definition) is 1. The van der Waals surface area contributed by atoms with Crippen LogP contribution < -0.4 is 10.1 Å². The van der Waals surface area contributed by atoms with Crippen molar-refractivity contribution < 1.29 is 14.3 Å². The predicted molar refractivity (Wildman–Crippen MR) is 154 cm³/mol. The van der Waals surface area contributed by atoms with Gasteiger partial charge >= 0.3 is 6.09 Å². The largest absolute Gasteiger partial charge is 0.487 e. The fraction of sp³-hybridized carbons (Fsp3) is 0.469. The van der Waals surface area contributed by atoms with Crippen LogP contribution in [0.3, 0.4) is 0 Å². The van der Waals surface area contributed by atoms with Crippen molar-refractivity contribution in [1.82, 2.24) is 24.8 Å². The maximum atomic E-state index is 12.1. The lowest BCUT2D eigenvalue weighted by atomic mass is 10.0. The number of ether oxygens (including phenoxy) is 2. The number of alkyl carbamates (subject to hydrolysis) is 1. The van der Waals surface area contributed by atoms with Gasteiger partial charge in [0.25, 0.3) is 0 Å². The van der Waals surface area contributed by atoms with E-state index in [0.29, 0.717) is 12.5 Å². The van der Waals surface area contributed by atoms with Crippen LogP contribution >= 0.6 is 0 Å². The number of aromatic nitrogens is 3. The molecule has 1 N–H and O–H groups in total. The highest BCUT2D eigenvalue weighted by atomic mass is 16.5. The molecule has 0 radical (unpaired) electrons. The lowest BCUT2D eigenvalue weighted by Gasteiger charge is -2.28. The molecule has 0 atom stereocenters. The summed E-state index contributed by atoms with van der Waals surface area (Å²) >= 11 is 0. The van der Waals surface area contributed by atoms with Crippen molar-refractivity contribution in [3.05, 3.63) is 71.6 Å². The first-order valence-corrected chi connectivity index (χ1v) is 14.3. The van der Waals surface area contributed by atoms with E-state index in [1.54, 1.807) is 6.20 Å². The molecule has 8 heteroatoms. The Bertz CT molecular complexity index is 1330. The number of pyridine rings is 1. The first-order valence-electron chi connectivity index (χ1n) is 14.3. The van der Waals surface area contributed by atoms with Crippen molar-refractivity contribution in [3.8, 4) is 23.3 Å². The van der Waals surface area contributed by atoms with E-state index in [1.807, 2.05) is 43.6 Å². The summed E-state index contributed by atoms with van der Waals surface area (Å²) in [7, 11) is 2.09. The number of carbonyl (C=O) groups is 1. The van der Waals surface area contributed by atoms with E-state index in [-0.39, 0.29) is 12.6 Å². The van der Waals surface area contributed by atoms with Gasteiger partial charge in [0.1, 0.15) is 18.2 Å². The van der Waals surface area contributed by atoms with E-state index in [4.69, 9.17) is 14.5 Å². The lowest BCUT2D eigenvalue weighted by molar-refractivity contribution is 0.147. The molecule has 5 rings (SSSR count). The molecule has 1 saturated carbocycles. The molecule has 1 aliphatic carbocycles. The fourth-order valence-electron chi connectivity index (χ4n) is 5.57. The number of likely N-dealkylation sites (tertiary alicyclic amines) is 1. The van der Waals surface area contributed by atoms with Gasteiger partial charge in [-0.05, 0) is 81.7 Å². The molecular weight excluding hydrogens is 502 g/mol. The monoisotopic (exact) mass is 541 g/mol. The van der Waals surface area contributed by atoms with Gasteiger partial charge in [-0.3, -0.25) is 9.55 Å². The number of aryl methyl sites for hydroxylation is 1. The van der Waals surface area contributed by atoms with Crippen molar-refractivity contribution >= 4 is 6.09 Å². The average Bonchev–Trinajstić information content (AvgIpc) is 3.63. The average molecular weight is 542 g/mol. The van der Waals surface area contributed by atoms with E-state index in [9.17, 15) is 4.79 Å². The van der Waals surface area contributed by atoms with Gasteiger partial charge in [-0.15, -0.1) is 0 Å². The van der Waals surface area contributed by atoms with E-state index in [2.05, 4.69) is 44.7 Å². The molecule has 1 saturated heterocycles. The Morgan fingerprint density at radius 3 is 2.70 bits per heavy atom. The van der Waals surface area contributed by atoms with Gasteiger partial charge in [0, 0.05) is 24.2 Å². The predicted octanol–water partition coefficient (Wildman–Crippen LogP) is 5.06. The lowest BCUT2D eigenvalue weighted by Crippen LogP contribution is -2.43. The highest BCUT2D eigenvalue weighted by molar-refractivity contribution is 5.67. The minimum Gasteiger partial charge on any atom is -0.487 e. The number of hydrogen-bond acceptors (Lipinski definition) is 6. The van der Waals surface area contributed by atoms with Crippen LogP contribution in [-0.4, -0.2) is 58.3 Å². The maximum Gasteiger partial charge on any atom is 0.408 e. The van der Waals surface area contributed by atoms with E-state index < -0.39 is 6.09 Å². The minimum atomic E-state index is -0.402. The van der Waals surface area contributed by atoms with Crippen molar-refractivity contribution in [1.29, 1.82) is 0 Å². The van der Waals surface area contributed by atoms with Crippen LogP contribution in [-0.2, 0) is 17.8 Å². The second-order valence-corrected chi connectivity index (χ2v) is 10.9. The summed E-state index contributed by atoms with van der Waals surface area (Å²) in [6, 6.07) is 10.1. The van der Waals surface area contributed by atoms with Gasteiger partial charge in [-0.25, -0.2) is 9.78 Å².